The number of hydrogen-bond donors (Lipinski definition) is 0. The fourth-order valence-electron chi connectivity index (χ4n) is 11.6. The number of allylic oxidation sites excluding steroid dienone is 8. The van der Waals surface area contributed by atoms with Crippen molar-refractivity contribution in [1.82, 2.24) is 0 Å². The molecule has 0 aromatic heterocycles. The van der Waals surface area contributed by atoms with Crippen molar-refractivity contribution in [2.24, 2.45) is 29.6 Å². The van der Waals surface area contributed by atoms with Gasteiger partial charge >= 0.3 is 43.4 Å². The monoisotopic (exact) mass is 1110 g/mol. The second-order valence-corrected chi connectivity index (χ2v) is 23.0. The van der Waals surface area contributed by atoms with Crippen LogP contribution in [0.25, 0.3) is 11.5 Å². The normalized spacial score (nSPS) is 25.5. The van der Waals surface area contributed by atoms with Gasteiger partial charge in [-0.3, -0.25) is 6.08 Å². The van der Waals surface area contributed by atoms with E-state index >= 15 is 0 Å². The van der Waals surface area contributed by atoms with Crippen LogP contribution < -0.4 is 0 Å². The summed E-state index contributed by atoms with van der Waals surface area (Å²) in [6.45, 7) is 18.1. The van der Waals surface area contributed by atoms with Crippen molar-refractivity contribution < 1.29 is 43.4 Å². The molecule has 0 heterocycles. The summed E-state index contributed by atoms with van der Waals surface area (Å²) < 4.78 is 0. The van der Waals surface area contributed by atoms with E-state index in [4.69, 9.17) is 11.5 Å². The molecule has 0 spiro atoms. The minimum absolute atomic E-state index is 0. The molecule has 8 aliphatic carbocycles. The summed E-state index contributed by atoms with van der Waals surface area (Å²) in [7, 11) is 1.50. The number of fused-ring (bicyclic) bond motifs is 1. The van der Waals surface area contributed by atoms with Gasteiger partial charge < -0.3 is 17.9 Å². The molecule has 8 aliphatic rings. The summed E-state index contributed by atoms with van der Waals surface area (Å²) in [6, 6.07) is 0.249. The zero-order chi connectivity index (χ0) is 44.6. The van der Waals surface area contributed by atoms with Crippen LogP contribution in [0.3, 0.4) is 0 Å². The van der Waals surface area contributed by atoms with Crippen molar-refractivity contribution in [3.63, 3.8) is 0 Å². The molecular weight excluding hydrogens is 1010 g/mol. The van der Waals surface area contributed by atoms with Gasteiger partial charge in [-0.1, -0.05) is 251 Å². The Bertz CT molecular complexity index is 1180. The molecule has 0 aromatic carbocycles. The van der Waals surface area contributed by atoms with Crippen LogP contribution in [0.15, 0.2) is 40.5 Å². The van der Waals surface area contributed by atoms with E-state index in [0.717, 1.165) is 55.6 Å². The molecule has 4 bridgehead atoms. The van der Waals surface area contributed by atoms with E-state index < -0.39 is 0 Å². The number of halogens is 4. The Balaban J connectivity index is -0.000000247. The molecule has 2 radical (unpaired) electrons. The molecule has 2 nitrogen and oxygen atoms in total. The van der Waals surface area contributed by atoms with Crippen molar-refractivity contribution in [1.29, 1.82) is 0 Å². The fraction of sp³-hybridized carbons (Fsp3) is 0.842. The van der Waals surface area contributed by atoms with E-state index in [2.05, 4.69) is 84.6 Å². The first-order valence-electron chi connectivity index (χ1n) is 27.1. The molecule has 0 saturated heterocycles. The van der Waals surface area contributed by atoms with Gasteiger partial charge in [0.1, 0.15) is 0 Å². The van der Waals surface area contributed by atoms with Crippen LogP contribution in [0.4, 0.5) is 0 Å². The molecule has 0 aromatic rings. The number of hydrogen-bond acceptors (Lipinski definition) is 0. The standard InChI is InChI=1S/C22H39.C12H24N.C10H16N.C9H11.2C2H7Si.4ClH.2Ti/c1-5-8-10-12-13-15-16-21-19(4)18-20(7-3)22(21)17-14-11-9-6-2;13-12-10-8-6-4-2-1-3-5-7-9-11-12;11-10-4-7-1-8(5-10)3-9(2-7)6-10;1-2-5-9-7-3-6-8(9)4-1;2*1-3-2;;;;;;/h19H,5-17H2,1-4H3;12-13H,1-11H2;7-9,11H,1-6H2;1-4,9H,5-7H2;2*3H,1-2H3;4*1H;;/q4*-1;;;;;;;2*+2. The Labute approximate surface area is 479 Å². The Hall–Kier alpha value is 1.90. The van der Waals surface area contributed by atoms with Gasteiger partial charge in [-0.25, -0.2) is 5.57 Å². The fourth-order valence-corrected chi connectivity index (χ4v) is 11.6. The van der Waals surface area contributed by atoms with Gasteiger partial charge in [0.2, 0.25) is 0 Å². The van der Waals surface area contributed by atoms with Crippen LogP contribution in [0.1, 0.15) is 240 Å². The Kier molecular flexibility index (Phi) is 58.2. The van der Waals surface area contributed by atoms with E-state index in [1.807, 2.05) is 0 Å². The third-order valence-corrected chi connectivity index (χ3v) is 14.5. The summed E-state index contributed by atoms with van der Waals surface area (Å²) in [5, 5.41) is 0. The summed E-state index contributed by atoms with van der Waals surface area (Å²) in [4.78, 5) is 0. The minimum atomic E-state index is 0. The molecule has 2 N–H and O–H groups in total. The predicted octanol–water partition coefficient (Wildman–Crippen LogP) is 20.7. The van der Waals surface area contributed by atoms with E-state index in [9.17, 15) is 0 Å². The zero-order valence-electron chi connectivity index (χ0n) is 44.9. The molecule has 67 heavy (non-hydrogen) atoms. The first-order chi connectivity index (χ1) is 29.7. The summed E-state index contributed by atoms with van der Waals surface area (Å²) >= 11 is 0. The smallest absolute Gasteiger partial charge is 0.675 e. The van der Waals surface area contributed by atoms with Crippen LogP contribution in [0.2, 0.25) is 26.2 Å². The average Bonchev–Trinajstić information content (AvgIpc) is 3.83. The first kappa shape index (κ1) is 77.8. The van der Waals surface area contributed by atoms with Gasteiger partial charge in [-0.05, 0) is 55.8 Å². The van der Waals surface area contributed by atoms with Gasteiger partial charge in [0.05, 0.1) is 0 Å². The van der Waals surface area contributed by atoms with Gasteiger partial charge in [0.25, 0.3) is 0 Å². The van der Waals surface area contributed by atoms with Gasteiger partial charge in [0.15, 0.2) is 0 Å². The molecule has 390 valence electrons. The Morgan fingerprint density at radius 3 is 1.54 bits per heavy atom. The average molecular weight is 1120 g/mol. The van der Waals surface area contributed by atoms with Crippen LogP contribution in [-0.2, 0) is 43.4 Å². The maximum atomic E-state index is 8.21. The van der Waals surface area contributed by atoms with Crippen molar-refractivity contribution in [3.05, 3.63) is 64.5 Å². The van der Waals surface area contributed by atoms with E-state index in [0.29, 0.717) is 5.92 Å². The maximum Gasteiger partial charge on any atom is 2.00 e. The van der Waals surface area contributed by atoms with Crippen molar-refractivity contribution in [2.75, 3.05) is 0 Å². The minimum Gasteiger partial charge on any atom is -0.675 e. The van der Waals surface area contributed by atoms with E-state index in [1.54, 1.807) is 22.3 Å². The molecular formula is C57H108Cl4N2Si2Ti2. The first-order valence-corrected chi connectivity index (χ1v) is 31.7. The number of unbranched alkanes of at least 4 members (excludes halogenated alkanes) is 8. The van der Waals surface area contributed by atoms with E-state index in [1.165, 1.54) is 199 Å². The van der Waals surface area contributed by atoms with Gasteiger partial charge in [0, 0.05) is 19.0 Å². The van der Waals surface area contributed by atoms with Crippen LogP contribution >= 0.6 is 49.6 Å². The summed E-state index contributed by atoms with van der Waals surface area (Å²) in [5.41, 5.74) is 22.7. The third kappa shape index (κ3) is 34.9. The molecule has 10 heteroatoms. The van der Waals surface area contributed by atoms with Crippen LogP contribution in [-0.4, -0.2) is 30.6 Å². The third-order valence-electron chi connectivity index (χ3n) is 14.5. The Morgan fingerprint density at radius 1 is 0.657 bits per heavy atom. The quantitative estimate of drug-likeness (QED) is 0.100. The Morgan fingerprint density at radius 2 is 1.09 bits per heavy atom. The van der Waals surface area contributed by atoms with Crippen molar-refractivity contribution in [2.45, 2.75) is 277 Å². The zero-order valence-corrected chi connectivity index (χ0v) is 53.6. The summed E-state index contributed by atoms with van der Waals surface area (Å²) in [6.07, 6.45) is 57.4. The molecule has 0 amide bonds. The molecule has 6 saturated carbocycles. The van der Waals surface area contributed by atoms with Crippen LogP contribution in [0.5, 0.6) is 0 Å². The van der Waals surface area contributed by atoms with E-state index in [-0.39, 0.29) is 105 Å². The molecule has 2 unspecified atom stereocenters. The topological polar surface area (TPSA) is 47.6 Å². The van der Waals surface area contributed by atoms with Gasteiger partial charge in [-0.2, -0.15) is 24.0 Å². The molecule has 2 atom stereocenters. The maximum absolute atomic E-state index is 8.21. The van der Waals surface area contributed by atoms with Crippen LogP contribution in [0, 0.1) is 42.1 Å². The summed E-state index contributed by atoms with van der Waals surface area (Å²) in [5.74, 6) is 4.35. The second kappa shape index (κ2) is 50.1. The second-order valence-electron chi connectivity index (χ2n) is 20.7. The van der Waals surface area contributed by atoms with Crippen molar-refractivity contribution in [3.8, 4) is 0 Å². The molecule has 8 rings (SSSR count). The largest absolute Gasteiger partial charge is 2.00 e. The van der Waals surface area contributed by atoms with Gasteiger partial charge in [-0.15, -0.1) is 61.2 Å². The van der Waals surface area contributed by atoms with Crippen molar-refractivity contribution >= 4 is 68.7 Å². The molecule has 6 fully saturated rings. The number of nitrogens with one attached hydrogen (secondary N) is 2. The molecule has 0 aliphatic heterocycles. The SMILES string of the molecule is C1=CCC2C[CH-]CC2=C1.CCCCCCCCC1=C(CCCCCC)C(CC)=[C-]C1C.C[SiH]C.C[SiH]C.Cl.Cl.Cl.Cl.[NH-]C12CC3CC(CC(C3)C1)C2.[NH-]C1CCCCCCCCCCC1.[Ti+2].[Ti+2]. The predicted molar refractivity (Wildman–Crippen MR) is 310 cm³/mol. The number of rotatable bonds is 13.